The second-order valence-electron chi connectivity index (χ2n) is 3.35. The van der Waals surface area contributed by atoms with Crippen molar-refractivity contribution in [3.05, 3.63) is 33.8 Å². The first-order valence-corrected chi connectivity index (χ1v) is 5.34. The van der Waals surface area contributed by atoms with Gasteiger partial charge < -0.3 is 5.32 Å². The second-order valence-corrected chi connectivity index (χ2v) is 4.20. The minimum atomic E-state index is -0.231. The highest BCUT2D eigenvalue weighted by Crippen LogP contribution is 2.17. The summed E-state index contributed by atoms with van der Waals surface area (Å²) < 4.78 is 0.887. The number of aryl methyl sites for hydroxylation is 1. The van der Waals surface area contributed by atoms with E-state index >= 15 is 0 Å². The van der Waals surface area contributed by atoms with Gasteiger partial charge in [-0.2, -0.15) is 0 Å². The first kappa shape index (κ1) is 11.9. The summed E-state index contributed by atoms with van der Waals surface area (Å²) in [4.78, 5) is 22.2. The molecule has 0 radical (unpaired) electrons. The summed E-state index contributed by atoms with van der Waals surface area (Å²) in [5.74, 6) is -0.291. The van der Waals surface area contributed by atoms with Crippen molar-refractivity contribution in [3.8, 4) is 0 Å². The van der Waals surface area contributed by atoms with Crippen molar-refractivity contribution >= 4 is 27.6 Å². The number of carbonyl (C=O) groups is 2. The molecule has 0 heterocycles. The number of carbonyl (C=O) groups excluding carboxylic acids is 2. The lowest BCUT2D eigenvalue weighted by Gasteiger charge is -2.04. The number of rotatable bonds is 3. The number of hydrogen-bond acceptors (Lipinski definition) is 2. The molecule has 1 amide bonds. The minimum absolute atomic E-state index is 0.0606. The van der Waals surface area contributed by atoms with E-state index in [9.17, 15) is 9.59 Å². The summed E-state index contributed by atoms with van der Waals surface area (Å²) in [5, 5.41) is 2.54. The average molecular weight is 270 g/mol. The van der Waals surface area contributed by atoms with E-state index in [1.54, 1.807) is 12.1 Å². The topological polar surface area (TPSA) is 46.2 Å². The van der Waals surface area contributed by atoms with Crippen LogP contribution in [0.5, 0.6) is 0 Å². The highest BCUT2D eigenvalue weighted by atomic mass is 79.9. The fourth-order valence-corrected chi connectivity index (χ4v) is 1.42. The first-order chi connectivity index (χ1) is 7.00. The molecule has 80 valence electrons. The van der Waals surface area contributed by atoms with E-state index in [4.69, 9.17) is 0 Å². The van der Waals surface area contributed by atoms with Gasteiger partial charge in [0.1, 0.15) is 5.78 Å². The van der Waals surface area contributed by atoms with Gasteiger partial charge in [-0.05, 0) is 31.5 Å². The normalized spacial score (nSPS) is 9.80. The number of ketones is 1. The number of Topliss-reactive ketones (excluding diaryl/α,β-unsaturated/α-hetero) is 1. The Kier molecular flexibility index (Phi) is 4.03. The van der Waals surface area contributed by atoms with Gasteiger partial charge in [0.05, 0.1) is 6.54 Å². The Hall–Kier alpha value is -1.16. The van der Waals surface area contributed by atoms with Crippen LogP contribution in [-0.2, 0) is 4.79 Å². The molecule has 0 saturated heterocycles. The summed E-state index contributed by atoms with van der Waals surface area (Å²) in [6.07, 6.45) is 0. The van der Waals surface area contributed by atoms with Crippen LogP contribution in [0.15, 0.2) is 22.7 Å². The van der Waals surface area contributed by atoms with Crippen LogP contribution in [0.25, 0.3) is 0 Å². The maximum atomic E-state index is 11.5. The number of amides is 1. The van der Waals surface area contributed by atoms with Crippen molar-refractivity contribution in [1.82, 2.24) is 5.32 Å². The Balaban J connectivity index is 2.74. The smallest absolute Gasteiger partial charge is 0.251 e. The molecule has 0 aliphatic heterocycles. The van der Waals surface area contributed by atoms with Gasteiger partial charge in [-0.1, -0.05) is 22.0 Å². The van der Waals surface area contributed by atoms with Crippen LogP contribution in [0, 0.1) is 6.92 Å². The van der Waals surface area contributed by atoms with Crippen molar-refractivity contribution < 1.29 is 9.59 Å². The fraction of sp³-hybridized carbons (Fsp3) is 0.273. The van der Waals surface area contributed by atoms with Gasteiger partial charge in [0.2, 0.25) is 0 Å². The molecular formula is C11H12BrNO2. The first-order valence-electron chi connectivity index (χ1n) is 4.54. The Labute approximate surface area is 97.0 Å². The predicted molar refractivity (Wildman–Crippen MR) is 61.9 cm³/mol. The van der Waals surface area contributed by atoms with Crippen LogP contribution in [0.3, 0.4) is 0 Å². The number of benzene rings is 1. The van der Waals surface area contributed by atoms with Crippen molar-refractivity contribution in [2.75, 3.05) is 6.54 Å². The fourth-order valence-electron chi connectivity index (χ4n) is 1.04. The number of halogens is 1. The summed E-state index contributed by atoms with van der Waals surface area (Å²) in [7, 11) is 0. The highest BCUT2D eigenvalue weighted by molar-refractivity contribution is 9.10. The standard InChI is InChI=1S/C11H12BrNO2/c1-7-3-4-9(5-10(7)12)11(15)13-6-8(2)14/h3-5H,6H2,1-2H3,(H,13,15). The van der Waals surface area contributed by atoms with Crippen molar-refractivity contribution in [3.63, 3.8) is 0 Å². The Bertz CT molecular complexity index is 402. The molecule has 0 aliphatic rings. The summed E-state index contributed by atoms with van der Waals surface area (Å²) in [6.45, 7) is 3.46. The lowest BCUT2D eigenvalue weighted by Crippen LogP contribution is -2.28. The Morgan fingerprint density at radius 2 is 2.07 bits per heavy atom. The summed E-state index contributed by atoms with van der Waals surface area (Å²) in [5.41, 5.74) is 1.62. The van der Waals surface area contributed by atoms with E-state index in [0.29, 0.717) is 5.56 Å². The van der Waals surface area contributed by atoms with E-state index in [2.05, 4.69) is 21.2 Å². The molecule has 0 aliphatic carbocycles. The Morgan fingerprint density at radius 3 is 2.60 bits per heavy atom. The minimum Gasteiger partial charge on any atom is -0.345 e. The van der Waals surface area contributed by atoms with E-state index in [-0.39, 0.29) is 18.2 Å². The number of nitrogens with one attached hydrogen (secondary N) is 1. The van der Waals surface area contributed by atoms with Gasteiger partial charge in [-0.25, -0.2) is 0 Å². The summed E-state index contributed by atoms with van der Waals surface area (Å²) in [6, 6.07) is 5.33. The van der Waals surface area contributed by atoms with Gasteiger partial charge in [-0.15, -0.1) is 0 Å². The number of hydrogen-bond donors (Lipinski definition) is 1. The van der Waals surface area contributed by atoms with Crippen molar-refractivity contribution in [2.45, 2.75) is 13.8 Å². The zero-order valence-electron chi connectivity index (χ0n) is 8.63. The quantitative estimate of drug-likeness (QED) is 0.914. The molecule has 1 rings (SSSR count). The third-order valence-corrected chi connectivity index (χ3v) is 2.79. The SMILES string of the molecule is CC(=O)CNC(=O)c1ccc(C)c(Br)c1. The van der Waals surface area contributed by atoms with Gasteiger partial charge in [0.15, 0.2) is 0 Å². The zero-order valence-corrected chi connectivity index (χ0v) is 10.2. The van der Waals surface area contributed by atoms with Crippen LogP contribution in [-0.4, -0.2) is 18.2 Å². The van der Waals surface area contributed by atoms with Crippen LogP contribution in [0.2, 0.25) is 0 Å². The third-order valence-electron chi connectivity index (χ3n) is 1.93. The molecule has 0 bridgehead atoms. The zero-order chi connectivity index (χ0) is 11.4. The molecule has 0 unspecified atom stereocenters. The van der Waals surface area contributed by atoms with E-state index in [1.165, 1.54) is 6.92 Å². The molecular weight excluding hydrogens is 258 g/mol. The molecule has 1 aromatic carbocycles. The molecule has 15 heavy (non-hydrogen) atoms. The van der Waals surface area contributed by atoms with Gasteiger partial charge in [-0.3, -0.25) is 9.59 Å². The molecule has 4 heteroatoms. The van der Waals surface area contributed by atoms with Gasteiger partial charge in [0, 0.05) is 10.0 Å². The maximum absolute atomic E-state index is 11.5. The van der Waals surface area contributed by atoms with Gasteiger partial charge in [0.25, 0.3) is 5.91 Å². The third kappa shape index (κ3) is 3.47. The highest BCUT2D eigenvalue weighted by Gasteiger charge is 2.07. The molecule has 0 aromatic heterocycles. The molecule has 3 nitrogen and oxygen atoms in total. The van der Waals surface area contributed by atoms with Crippen molar-refractivity contribution in [2.24, 2.45) is 0 Å². The molecule has 0 saturated carbocycles. The lowest BCUT2D eigenvalue weighted by molar-refractivity contribution is -0.116. The molecule has 0 spiro atoms. The van der Waals surface area contributed by atoms with Crippen molar-refractivity contribution in [1.29, 1.82) is 0 Å². The second kappa shape index (κ2) is 5.07. The van der Waals surface area contributed by atoms with Gasteiger partial charge >= 0.3 is 0 Å². The van der Waals surface area contributed by atoms with E-state index < -0.39 is 0 Å². The molecule has 0 fully saturated rings. The maximum Gasteiger partial charge on any atom is 0.251 e. The van der Waals surface area contributed by atoms with E-state index in [0.717, 1.165) is 10.0 Å². The van der Waals surface area contributed by atoms with E-state index in [1.807, 2.05) is 13.0 Å². The van der Waals surface area contributed by atoms with Crippen LogP contribution in [0.4, 0.5) is 0 Å². The summed E-state index contributed by atoms with van der Waals surface area (Å²) >= 11 is 3.35. The molecule has 1 N–H and O–H groups in total. The van der Waals surface area contributed by atoms with Crippen LogP contribution in [0.1, 0.15) is 22.8 Å². The average Bonchev–Trinajstić information content (AvgIpc) is 2.18. The predicted octanol–water partition coefficient (Wildman–Crippen LogP) is 2.08. The largest absolute Gasteiger partial charge is 0.345 e. The molecule has 1 aromatic rings. The Morgan fingerprint density at radius 1 is 1.40 bits per heavy atom. The molecule has 0 atom stereocenters. The van der Waals surface area contributed by atoms with Crippen LogP contribution >= 0.6 is 15.9 Å². The lowest BCUT2D eigenvalue weighted by atomic mass is 10.1. The van der Waals surface area contributed by atoms with Crippen LogP contribution < -0.4 is 5.32 Å². The monoisotopic (exact) mass is 269 g/mol.